The molecule has 7 heteroatoms. The molecule has 1 aromatic carbocycles. The quantitative estimate of drug-likeness (QED) is 0.603. The molecule has 1 aromatic rings. The number of aldehydes is 1. The van der Waals surface area contributed by atoms with Gasteiger partial charge < -0.3 is 9.57 Å². The molecule has 0 atom stereocenters. The standard InChI is InChI=1S/C8H4FNO.C5H7NO3/c9-8-2-1-6(5-11)3-7(8)4-10;1-8-5(7)4-2-3-9-6-4/h1-3,5H;2-3H2,1H3. The number of ether oxygens (including phenoxy) is 1. The lowest BCUT2D eigenvalue weighted by Gasteiger charge is -1.92. The Kier molecular flexibility index (Phi) is 5.84. The van der Waals surface area contributed by atoms with Gasteiger partial charge in [0.15, 0.2) is 5.71 Å². The summed E-state index contributed by atoms with van der Waals surface area (Å²) in [6, 6.07) is 5.27. The second kappa shape index (κ2) is 7.63. The normalized spacial score (nSPS) is 12.2. The highest BCUT2D eigenvalue weighted by atomic mass is 19.1. The van der Waals surface area contributed by atoms with E-state index in [9.17, 15) is 14.0 Å². The Labute approximate surface area is 114 Å². The van der Waals surface area contributed by atoms with Crippen molar-refractivity contribution >= 4 is 18.0 Å². The molecule has 6 nitrogen and oxygen atoms in total. The van der Waals surface area contributed by atoms with Crippen molar-refractivity contribution in [2.24, 2.45) is 5.16 Å². The predicted octanol–water partition coefficient (Wildman–Crippen LogP) is 1.45. The highest BCUT2D eigenvalue weighted by Gasteiger charge is 2.16. The molecule has 0 aromatic heterocycles. The van der Waals surface area contributed by atoms with Crippen LogP contribution in [0.15, 0.2) is 23.4 Å². The Morgan fingerprint density at radius 1 is 1.60 bits per heavy atom. The lowest BCUT2D eigenvalue weighted by atomic mass is 10.1. The van der Waals surface area contributed by atoms with E-state index in [1.165, 1.54) is 19.2 Å². The second-order valence-corrected chi connectivity index (χ2v) is 3.58. The highest BCUT2D eigenvalue weighted by Crippen LogP contribution is 2.07. The number of rotatable bonds is 2. The van der Waals surface area contributed by atoms with Crippen LogP contribution in [0.1, 0.15) is 22.3 Å². The molecule has 0 saturated carbocycles. The van der Waals surface area contributed by atoms with Crippen LogP contribution in [0.25, 0.3) is 0 Å². The van der Waals surface area contributed by atoms with Crippen LogP contribution in [-0.4, -0.2) is 31.7 Å². The van der Waals surface area contributed by atoms with E-state index in [1.807, 2.05) is 0 Å². The number of nitrogens with zero attached hydrogens (tertiary/aromatic N) is 2. The number of methoxy groups -OCH3 is 1. The molecule has 0 aliphatic carbocycles. The summed E-state index contributed by atoms with van der Waals surface area (Å²) in [4.78, 5) is 25.3. The molecule has 0 spiro atoms. The van der Waals surface area contributed by atoms with Crippen molar-refractivity contribution in [3.05, 3.63) is 35.1 Å². The third kappa shape index (κ3) is 4.17. The van der Waals surface area contributed by atoms with E-state index in [0.29, 0.717) is 30.6 Å². The number of esters is 1. The molecule has 0 amide bonds. The number of benzene rings is 1. The smallest absolute Gasteiger partial charge is 0.355 e. The summed E-state index contributed by atoms with van der Waals surface area (Å²) in [5.41, 5.74) is 0.579. The van der Waals surface area contributed by atoms with Crippen molar-refractivity contribution < 1.29 is 23.6 Å². The molecule has 0 N–H and O–H groups in total. The van der Waals surface area contributed by atoms with Crippen molar-refractivity contribution in [3.8, 4) is 6.07 Å². The zero-order valence-corrected chi connectivity index (χ0v) is 10.6. The van der Waals surface area contributed by atoms with Crippen molar-refractivity contribution in [2.45, 2.75) is 6.42 Å². The molecule has 20 heavy (non-hydrogen) atoms. The van der Waals surface area contributed by atoms with E-state index in [1.54, 1.807) is 6.07 Å². The summed E-state index contributed by atoms with van der Waals surface area (Å²) < 4.78 is 17.0. The Bertz CT molecular complexity index is 578. The SMILES string of the molecule is COC(=O)C1=NOCC1.N#Cc1cc(C=O)ccc1F. The predicted molar refractivity (Wildman–Crippen MR) is 66.5 cm³/mol. The molecule has 0 bridgehead atoms. The minimum Gasteiger partial charge on any atom is -0.464 e. The minimum absolute atomic E-state index is 0.102. The summed E-state index contributed by atoms with van der Waals surface area (Å²) in [5, 5.41) is 11.8. The number of nitriles is 1. The summed E-state index contributed by atoms with van der Waals surface area (Å²) in [6.07, 6.45) is 1.13. The van der Waals surface area contributed by atoms with Crippen LogP contribution in [0.2, 0.25) is 0 Å². The Hall–Kier alpha value is -2.75. The van der Waals surface area contributed by atoms with Crippen LogP contribution >= 0.6 is 0 Å². The first-order valence-corrected chi connectivity index (χ1v) is 5.54. The molecule has 104 valence electrons. The fraction of sp³-hybridized carbons (Fsp3) is 0.231. The molecule has 1 aliphatic rings. The first-order chi connectivity index (χ1) is 9.62. The van der Waals surface area contributed by atoms with Crippen LogP contribution in [0, 0.1) is 17.1 Å². The Morgan fingerprint density at radius 2 is 2.35 bits per heavy atom. The third-order valence-corrected chi connectivity index (χ3v) is 2.27. The number of oxime groups is 1. The van der Waals surface area contributed by atoms with Crippen molar-refractivity contribution in [2.75, 3.05) is 13.7 Å². The van der Waals surface area contributed by atoms with Gasteiger partial charge in [0, 0.05) is 12.0 Å². The van der Waals surface area contributed by atoms with E-state index >= 15 is 0 Å². The summed E-state index contributed by atoms with van der Waals surface area (Å²) in [6.45, 7) is 0.491. The number of hydrogen-bond acceptors (Lipinski definition) is 6. The summed E-state index contributed by atoms with van der Waals surface area (Å²) >= 11 is 0. The molecule has 0 saturated heterocycles. The second-order valence-electron chi connectivity index (χ2n) is 3.58. The van der Waals surface area contributed by atoms with Gasteiger partial charge in [0.25, 0.3) is 0 Å². The fourth-order valence-electron chi connectivity index (χ4n) is 1.27. The highest BCUT2D eigenvalue weighted by molar-refractivity contribution is 6.36. The first kappa shape index (κ1) is 15.3. The van der Waals surface area contributed by atoms with Crippen molar-refractivity contribution in [3.63, 3.8) is 0 Å². The van der Waals surface area contributed by atoms with Gasteiger partial charge in [0.1, 0.15) is 24.8 Å². The van der Waals surface area contributed by atoms with E-state index in [2.05, 4.69) is 14.7 Å². The van der Waals surface area contributed by atoms with Crippen molar-refractivity contribution in [1.29, 1.82) is 5.26 Å². The largest absolute Gasteiger partial charge is 0.464 e. The lowest BCUT2D eigenvalue weighted by Crippen LogP contribution is -2.12. The van der Waals surface area contributed by atoms with Crippen LogP contribution in [0.4, 0.5) is 4.39 Å². The average Bonchev–Trinajstić information content (AvgIpc) is 3.02. The maximum atomic E-state index is 12.6. The van der Waals surface area contributed by atoms with Gasteiger partial charge in [-0.15, -0.1) is 0 Å². The first-order valence-electron chi connectivity index (χ1n) is 5.54. The maximum absolute atomic E-state index is 12.6. The minimum atomic E-state index is -0.599. The molecule has 0 radical (unpaired) electrons. The van der Waals surface area contributed by atoms with Gasteiger partial charge in [-0.05, 0) is 18.2 Å². The average molecular weight is 278 g/mol. The monoisotopic (exact) mass is 278 g/mol. The zero-order chi connectivity index (χ0) is 15.0. The molecule has 2 rings (SSSR count). The molecule has 1 heterocycles. The third-order valence-electron chi connectivity index (χ3n) is 2.27. The van der Waals surface area contributed by atoms with Gasteiger partial charge in [-0.2, -0.15) is 5.26 Å². The van der Waals surface area contributed by atoms with Gasteiger partial charge in [0.05, 0.1) is 12.7 Å². The molecular formula is C13H11FN2O4. The molecule has 1 aliphatic heterocycles. The Morgan fingerprint density at radius 3 is 2.85 bits per heavy atom. The molecule has 0 fully saturated rings. The van der Waals surface area contributed by atoms with Gasteiger partial charge in [-0.25, -0.2) is 9.18 Å². The number of carbonyl (C=O) groups is 2. The summed E-state index contributed by atoms with van der Waals surface area (Å²) in [5.74, 6) is -0.995. The van der Waals surface area contributed by atoms with Crippen LogP contribution in [-0.2, 0) is 14.4 Å². The zero-order valence-electron chi connectivity index (χ0n) is 10.6. The van der Waals surface area contributed by atoms with Crippen LogP contribution in [0.3, 0.4) is 0 Å². The van der Waals surface area contributed by atoms with Gasteiger partial charge in [0.2, 0.25) is 0 Å². The Balaban J connectivity index is 0.000000204. The van der Waals surface area contributed by atoms with Gasteiger partial charge in [-0.3, -0.25) is 4.79 Å². The van der Waals surface area contributed by atoms with E-state index in [4.69, 9.17) is 5.26 Å². The summed E-state index contributed by atoms with van der Waals surface area (Å²) in [7, 11) is 1.32. The van der Waals surface area contributed by atoms with Gasteiger partial charge >= 0.3 is 5.97 Å². The number of hydrogen-bond donors (Lipinski definition) is 0. The van der Waals surface area contributed by atoms with Crippen LogP contribution in [0.5, 0.6) is 0 Å². The topological polar surface area (TPSA) is 88.8 Å². The fourth-order valence-corrected chi connectivity index (χ4v) is 1.27. The lowest BCUT2D eigenvalue weighted by molar-refractivity contribution is -0.132. The van der Waals surface area contributed by atoms with E-state index < -0.39 is 11.8 Å². The molecular weight excluding hydrogens is 267 g/mol. The molecule has 0 unspecified atom stereocenters. The number of carbonyl (C=O) groups excluding carboxylic acids is 2. The van der Waals surface area contributed by atoms with Gasteiger partial charge in [-0.1, -0.05) is 5.16 Å². The van der Waals surface area contributed by atoms with E-state index in [0.717, 1.165) is 6.07 Å². The number of halogens is 1. The van der Waals surface area contributed by atoms with Crippen molar-refractivity contribution in [1.82, 2.24) is 0 Å². The maximum Gasteiger partial charge on any atom is 0.355 e. The van der Waals surface area contributed by atoms with Crippen LogP contribution < -0.4 is 0 Å². The van der Waals surface area contributed by atoms with E-state index in [-0.39, 0.29) is 5.56 Å².